The highest BCUT2D eigenvalue weighted by Gasteiger charge is 1.94. The molecule has 3 nitrogen and oxygen atoms in total. The number of halogens is 1. The second-order valence-electron chi connectivity index (χ2n) is 2.19. The zero-order valence-electron chi connectivity index (χ0n) is 6.29. The summed E-state index contributed by atoms with van der Waals surface area (Å²) in [5.74, 6) is 0. The van der Waals surface area contributed by atoms with Gasteiger partial charge < -0.3 is 4.74 Å². The summed E-state index contributed by atoms with van der Waals surface area (Å²) < 4.78 is 4.40. The fourth-order valence-electron chi connectivity index (χ4n) is 0.803. The van der Waals surface area contributed by atoms with Crippen LogP contribution in [0.1, 0.15) is 5.56 Å². The second-order valence-corrected chi connectivity index (χ2v) is 2.63. The van der Waals surface area contributed by atoms with Gasteiger partial charge in [0, 0.05) is 18.8 Å². The molecule has 0 atom stereocenters. The van der Waals surface area contributed by atoms with E-state index in [1.807, 2.05) is 0 Å². The van der Waals surface area contributed by atoms with Gasteiger partial charge in [0.1, 0.15) is 0 Å². The van der Waals surface area contributed by atoms with E-state index in [-0.39, 0.29) is 0 Å². The third-order valence-corrected chi connectivity index (χ3v) is 1.52. The summed E-state index contributed by atoms with van der Waals surface area (Å²) in [4.78, 5) is 13.6. The molecule has 0 aromatic carbocycles. The van der Waals surface area contributed by atoms with E-state index in [1.165, 1.54) is 6.47 Å². The summed E-state index contributed by atoms with van der Waals surface area (Å²) in [5, 5.41) is 0.586. The zero-order chi connectivity index (χ0) is 8.81. The fraction of sp³-hybridized carbons (Fsp3) is 0.250. The average Bonchev–Trinajstić information content (AvgIpc) is 2.05. The summed E-state index contributed by atoms with van der Waals surface area (Å²) in [7, 11) is 0. The molecule has 0 saturated heterocycles. The first-order chi connectivity index (χ1) is 5.83. The van der Waals surface area contributed by atoms with Gasteiger partial charge in [-0.15, -0.1) is 0 Å². The monoisotopic (exact) mass is 184 g/mol. The van der Waals surface area contributed by atoms with Crippen molar-refractivity contribution in [3.63, 3.8) is 0 Å². The first-order valence-electron chi connectivity index (χ1n) is 3.41. The van der Waals surface area contributed by atoms with Crippen molar-refractivity contribution in [1.29, 1.82) is 0 Å². The van der Waals surface area contributed by atoms with Crippen molar-refractivity contribution in [2.75, 3.05) is 6.61 Å². The third kappa shape index (κ3) is 2.88. The van der Waals surface area contributed by atoms with E-state index in [0.29, 0.717) is 18.1 Å². The number of hydrogen-bond donors (Lipinski definition) is 0. The Morgan fingerprint density at radius 3 is 3.08 bits per heavy atom. The van der Waals surface area contributed by atoms with E-state index in [1.54, 1.807) is 18.5 Å². The van der Waals surface area contributed by atoms with Gasteiger partial charge in [0.25, 0.3) is 0 Å². The van der Waals surface area contributed by atoms with Crippen molar-refractivity contribution in [2.24, 2.45) is 0 Å². The van der Waals surface area contributed by atoms with E-state index < -0.39 is 0 Å². The molecule has 0 fully saturated rings. The molecule has 0 aliphatic heterocycles. The molecular formula is C8H7ClNO2. The Kier molecular flexibility index (Phi) is 3.54. The Labute approximate surface area is 75.3 Å². The third-order valence-electron chi connectivity index (χ3n) is 1.31. The molecule has 1 aromatic rings. The number of hydrogen-bond acceptors (Lipinski definition) is 3. The minimum atomic E-state index is 0.311. The highest BCUT2D eigenvalue weighted by atomic mass is 35.5. The van der Waals surface area contributed by atoms with E-state index in [4.69, 9.17) is 11.6 Å². The molecule has 63 valence electrons. The fourth-order valence-corrected chi connectivity index (χ4v) is 1.000. The Balaban J connectivity index is 2.46. The second kappa shape index (κ2) is 4.72. The largest absolute Gasteiger partial charge is 0.457 e. The van der Waals surface area contributed by atoms with Crippen LogP contribution in [0.4, 0.5) is 0 Å². The van der Waals surface area contributed by atoms with Crippen LogP contribution in [0.5, 0.6) is 0 Å². The molecule has 0 aliphatic carbocycles. The van der Waals surface area contributed by atoms with Crippen molar-refractivity contribution in [1.82, 2.24) is 4.98 Å². The lowest BCUT2D eigenvalue weighted by molar-refractivity contribution is 0.281. The van der Waals surface area contributed by atoms with Gasteiger partial charge in [0.2, 0.25) is 0 Å². The highest BCUT2D eigenvalue weighted by molar-refractivity contribution is 6.30. The molecule has 1 heterocycles. The molecule has 12 heavy (non-hydrogen) atoms. The Morgan fingerprint density at radius 2 is 2.42 bits per heavy atom. The van der Waals surface area contributed by atoms with Gasteiger partial charge >= 0.3 is 6.47 Å². The summed E-state index contributed by atoms with van der Waals surface area (Å²) in [6.07, 6.45) is 3.85. The van der Waals surface area contributed by atoms with Crippen molar-refractivity contribution >= 4 is 18.1 Å². The maximum atomic E-state index is 9.67. The van der Waals surface area contributed by atoms with Crippen LogP contribution < -0.4 is 0 Å². The molecule has 0 unspecified atom stereocenters. The SMILES string of the molecule is O=[C]OCCc1cncc(Cl)c1. The standard InChI is InChI=1S/C8H7ClNO2/c9-8-3-7(4-10-5-8)1-2-12-6-11/h3-5H,1-2H2. The predicted molar refractivity (Wildman–Crippen MR) is 44.6 cm³/mol. The van der Waals surface area contributed by atoms with E-state index in [0.717, 1.165) is 5.56 Å². The summed E-state index contributed by atoms with van der Waals surface area (Å²) >= 11 is 5.68. The molecule has 0 amide bonds. The van der Waals surface area contributed by atoms with Gasteiger partial charge in [-0.05, 0) is 11.6 Å². The van der Waals surface area contributed by atoms with Crippen molar-refractivity contribution in [3.8, 4) is 0 Å². The summed E-state index contributed by atoms with van der Waals surface area (Å²) in [6, 6.07) is 1.78. The number of rotatable bonds is 4. The Morgan fingerprint density at radius 1 is 1.58 bits per heavy atom. The highest BCUT2D eigenvalue weighted by Crippen LogP contribution is 2.08. The van der Waals surface area contributed by atoms with Crippen LogP contribution in [0.15, 0.2) is 18.5 Å². The minimum Gasteiger partial charge on any atom is -0.457 e. The molecule has 0 bridgehead atoms. The Bertz CT molecular complexity index is 265. The lowest BCUT2D eigenvalue weighted by Crippen LogP contribution is -1.96. The van der Waals surface area contributed by atoms with Gasteiger partial charge in [-0.3, -0.25) is 4.98 Å². The first-order valence-corrected chi connectivity index (χ1v) is 3.79. The zero-order valence-corrected chi connectivity index (χ0v) is 7.04. The van der Waals surface area contributed by atoms with Gasteiger partial charge in [-0.1, -0.05) is 11.6 Å². The molecule has 0 N–H and O–H groups in total. The van der Waals surface area contributed by atoms with Crippen LogP contribution in [-0.2, 0) is 16.0 Å². The topological polar surface area (TPSA) is 39.2 Å². The maximum Gasteiger partial charge on any atom is 0.417 e. The number of ether oxygens (including phenoxy) is 1. The molecule has 0 aliphatic rings. The maximum absolute atomic E-state index is 9.67. The Hall–Kier alpha value is -1.09. The quantitative estimate of drug-likeness (QED) is 0.664. The lowest BCUT2D eigenvalue weighted by atomic mass is 10.2. The van der Waals surface area contributed by atoms with Gasteiger partial charge in [0.15, 0.2) is 0 Å². The average molecular weight is 185 g/mol. The first kappa shape index (κ1) is 9.00. The number of nitrogens with zero attached hydrogens (tertiary/aromatic N) is 1. The number of pyridine rings is 1. The molecular weight excluding hydrogens is 178 g/mol. The van der Waals surface area contributed by atoms with Crippen molar-refractivity contribution < 1.29 is 9.53 Å². The molecule has 0 saturated carbocycles. The van der Waals surface area contributed by atoms with Gasteiger partial charge in [0.05, 0.1) is 11.6 Å². The van der Waals surface area contributed by atoms with Crippen LogP contribution in [0.25, 0.3) is 0 Å². The minimum absolute atomic E-state index is 0.311. The van der Waals surface area contributed by atoms with Crippen molar-refractivity contribution in [2.45, 2.75) is 6.42 Å². The molecule has 0 spiro atoms. The van der Waals surface area contributed by atoms with Gasteiger partial charge in [-0.25, -0.2) is 4.79 Å². The van der Waals surface area contributed by atoms with E-state index in [9.17, 15) is 4.79 Å². The summed E-state index contributed by atoms with van der Waals surface area (Å²) in [6.45, 7) is 1.66. The smallest absolute Gasteiger partial charge is 0.417 e. The van der Waals surface area contributed by atoms with E-state index in [2.05, 4.69) is 9.72 Å². The summed E-state index contributed by atoms with van der Waals surface area (Å²) in [5.41, 5.74) is 0.942. The lowest BCUT2D eigenvalue weighted by Gasteiger charge is -1.98. The molecule has 4 heteroatoms. The molecule has 1 rings (SSSR count). The molecule has 1 aromatic heterocycles. The normalized spacial score (nSPS) is 9.42. The van der Waals surface area contributed by atoms with Gasteiger partial charge in [-0.2, -0.15) is 0 Å². The number of aromatic nitrogens is 1. The van der Waals surface area contributed by atoms with E-state index >= 15 is 0 Å². The number of carbonyl (C=O) groups excluding carboxylic acids is 1. The van der Waals surface area contributed by atoms with Crippen LogP contribution >= 0.6 is 11.6 Å². The van der Waals surface area contributed by atoms with Crippen LogP contribution in [0.3, 0.4) is 0 Å². The van der Waals surface area contributed by atoms with Crippen LogP contribution in [0, 0.1) is 0 Å². The van der Waals surface area contributed by atoms with Crippen LogP contribution in [0.2, 0.25) is 5.02 Å². The molecule has 1 radical (unpaired) electrons. The van der Waals surface area contributed by atoms with Crippen molar-refractivity contribution in [3.05, 3.63) is 29.0 Å². The van der Waals surface area contributed by atoms with Crippen LogP contribution in [-0.4, -0.2) is 18.1 Å². The predicted octanol–water partition coefficient (Wildman–Crippen LogP) is 1.36.